The van der Waals surface area contributed by atoms with Gasteiger partial charge < -0.3 is 0 Å². The smallest absolute Gasteiger partial charge is 0.0407 e. The van der Waals surface area contributed by atoms with E-state index in [1.54, 1.807) is 0 Å². The van der Waals surface area contributed by atoms with Crippen LogP contribution in [0.3, 0.4) is 0 Å². The quantitative estimate of drug-likeness (QED) is 0.354. The third-order valence-electron chi connectivity index (χ3n) is 3.19. The summed E-state index contributed by atoms with van der Waals surface area (Å²) >= 11 is 0. The van der Waals surface area contributed by atoms with Crippen molar-refractivity contribution in [2.45, 2.75) is 46.1 Å². The topological polar surface area (TPSA) is 48.8 Å². The number of hydrogen-bond donors (Lipinski definition) is 0. The molecule has 0 N–H and O–H groups in total. The summed E-state index contributed by atoms with van der Waals surface area (Å²) < 4.78 is 0. The highest BCUT2D eigenvalue weighted by Crippen LogP contribution is 2.35. The highest BCUT2D eigenvalue weighted by molar-refractivity contribution is 4.85. The summed E-state index contributed by atoms with van der Waals surface area (Å²) in [5.74, 6) is 1.97. The lowest BCUT2D eigenvalue weighted by Gasteiger charge is -2.34. The van der Waals surface area contributed by atoms with E-state index in [4.69, 9.17) is 5.53 Å². The Hall–Kier alpha value is -0.690. The van der Waals surface area contributed by atoms with Crippen LogP contribution in [-0.4, -0.2) is 6.04 Å². The summed E-state index contributed by atoms with van der Waals surface area (Å²) in [4.78, 5) is 2.95. The maximum Gasteiger partial charge on any atom is 0.0407 e. The van der Waals surface area contributed by atoms with Gasteiger partial charge in [0.15, 0.2) is 0 Å². The molecule has 1 fully saturated rings. The normalized spacial score (nSPS) is 34.3. The summed E-state index contributed by atoms with van der Waals surface area (Å²) in [6.45, 7) is 6.69. The minimum atomic E-state index is 0.244. The Morgan fingerprint density at radius 3 is 2.62 bits per heavy atom. The predicted octanol–water partition coefficient (Wildman–Crippen LogP) is 3.76. The van der Waals surface area contributed by atoms with E-state index in [0.717, 1.165) is 12.3 Å². The van der Waals surface area contributed by atoms with Crippen LogP contribution >= 0.6 is 0 Å². The standard InChI is InChI=1S/C10H19N3/c1-7(2)9-5-4-8(3)6-10(9)12-13-11/h7-10H,4-6H2,1-3H3/t8-,9?,10?/m0/s1. The zero-order chi connectivity index (χ0) is 9.84. The average Bonchev–Trinajstić information content (AvgIpc) is 2.04. The first kappa shape index (κ1) is 10.4. The molecule has 1 rings (SSSR count). The molecule has 0 amide bonds. The summed E-state index contributed by atoms with van der Waals surface area (Å²) in [6, 6.07) is 0.244. The molecular weight excluding hydrogens is 162 g/mol. The van der Waals surface area contributed by atoms with E-state index < -0.39 is 0 Å². The van der Waals surface area contributed by atoms with Crippen molar-refractivity contribution in [3.63, 3.8) is 0 Å². The van der Waals surface area contributed by atoms with Gasteiger partial charge in [-0.1, -0.05) is 32.3 Å². The van der Waals surface area contributed by atoms with Crippen molar-refractivity contribution in [3.05, 3.63) is 10.4 Å². The van der Waals surface area contributed by atoms with Gasteiger partial charge in [-0.15, -0.1) is 0 Å². The van der Waals surface area contributed by atoms with Gasteiger partial charge in [0.05, 0.1) is 0 Å². The van der Waals surface area contributed by atoms with Gasteiger partial charge in [-0.3, -0.25) is 0 Å². The first-order chi connectivity index (χ1) is 6.15. The molecule has 1 aliphatic carbocycles. The second kappa shape index (κ2) is 4.52. The van der Waals surface area contributed by atoms with Crippen LogP contribution in [-0.2, 0) is 0 Å². The van der Waals surface area contributed by atoms with Crippen LogP contribution in [0.2, 0.25) is 0 Å². The summed E-state index contributed by atoms with van der Waals surface area (Å²) in [5.41, 5.74) is 8.46. The van der Waals surface area contributed by atoms with Gasteiger partial charge in [-0.2, -0.15) is 0 Å². The molecule has 13 heavy (non-hydrogen) atoms. The molecule has 2 unspecified atom stereocenters. The molecule has 0 aromatic heterocycles. The van der Waals surface area contributed by atoms with Crippen LogP contribution in [0, 0.1) is 17.8 Å². The van der Waals surface area contributed by atoms with Gasteiger partial charge in [-0.05, 0) is 36.1 Å². The molecule has 0 heterocycles. The van der Waals surface area contributed by atoms with E-state index >= 15 is 0 Å². The Morgan fingerprint density at radius 1 is 1.38 bits per heavy atom. The van der Waals surface area contributed by atoms with Crippen LogP contribution in [0.15, 0.2) is 5.11 Å². The Kier molecular flexibility index (Phi) is 3.61. The lowest BCUT2D eigenvalue weighted by molar-refractivity contribution is 0.199. The molecule has 74 valence electrons. The van der Waals surface area contributed by atoms with Crippen molar-refractivity contribution < 1.29 is 0 Å². The molecule has 0 aliphatic heterocycles. The van der Waals surface area contributed by atoms with E-state index in [-0.39, 0.29) is 6.04 Å². The molecule has 0 aromatic carbocycles. The van der Waals surface area contributed by atoms with Crippen molar-refractivity contribution in [1.29, 1.82) is 0 Å². The zero-order valence-electron chi connectivity index (χ0n) is 8.77. The highest BCUT2D eigenvalue weighted by Gasteiger charge is 2.29. The fourth-order valence-electron chi connectivity index (χ4n) is 2.35. The molecule has 0 radical (unpaired) electrons. The van der Waals surface area contributed by atoms with Crippen molar-refractivity contribution in [2.75, 3.05) is 0 Å². The Labute approximate surface area is 80.2 Å². The first-order valence-corrected chi connectivity index (χ1v) is 5.19. The molecule has 3 atom stereocenters. The van der Waals surface area contributed by atoms with E-state index in [1.807, 2.05) is 0 Å². The van der Waals surface area contributed by atoms with Crippen molar-refractivity contribution in [3.8, 4) is 0 Å². The molecular formula is C10H19N3. The van der Waals surface area contributed by atoms with Crippen molar-refractivity contribution in [1.82, 2.24) is 0 Å². The van der Waals surface area contributed by atoms with Gasteiger partial charge >= 0.3 is 0 Å². The second-order valence-electron chi connectivity index (χ2n) is 4.60. The molecule has 1 aliphatic rings. The number of rotatable bonds is 2. The Morgan fingerprint density at radius 2 is 2.08 bits per heavy atom. The minimum absolute atomic E-state index is 0.244. The van der Waals surface area contributed by atoms with Crippen LogP contribution < -0.4 is 0 Å². The van der Waals surface area contributed by atoms with E-state index in [1.165, 1.54) is 12.8 Å². The maximum absolute atomic E-state index is 8.46. The van der Waals surface area contributed by atoms with Crippen molar-refractivity contribution >= 4 is 0 Å². The van der Waals surface area contributed by atoms with Gasteiger partial charge in [0.25, 0.3) is 0 Å². The van der Waals surface area contributed by atoms with E-state index in [9.17, 15) is 0 Å². The second-order valence-corrected chi connectivity index (χ2v) is 4.60. The van der Waals surface area contributed by atoms with Gasteiger partial charge in [0, 0.05) is 11.0 Å². The molecule has 0 saturated heterocycles. The van der Waals surface area contributed by atoms with Crippen LogP contribution in [0.25, 0.3) is 10.4 Å². The maximum atomic E-state index is 8.46. The number of hydrogen-bond acceptors (Lipinski definition) is 1. The summed E-state index contributed by atoms with van der Waals surface area (Å²) in [5, 5.41) is 3.92. The van der Waals surface area contributed by atoms with Gasteiger partial charge in [0.2, 0.25) is 0 Å². The van der Waals surface area contributed by atoms with Crippen LogP contribution in [0.5, 0.6) is 0 Å². The molecule has 1 saturated carbocycles. The van der Waals surface area contributed by atoms with Gasteiger partial charge in [0.1, 0.15) is 0 Å². The summed E-state index contributed by atoms with van der Waals surface area (Å²) in [7, 11) is 0. The van der Waals surface area contributed by atoms with E-state index in [0.29, 0.717) is 11.8 Å². The minimum Gasteiger partial charge on any atom is -0.0903 e. The fourth-order valence-corrected chi connectivity index (χ4v) is 2.35. The zero-order valence-corrected chi connectivity index (χ0v) is 8.77. The largest absolute Gasteiger partial charge is 0.0903 e. The molecule has 0 aromatic rings. The lowest BCUT2D eigenvalue weighted by Crippen LogP contribution is -2.30. The molecule has 3 nitrogen and oxygen atoms in total. The summed E-state index contributed by atoms with van der Waals surface area (Å²) in [6.07, 6.45) is 3.59. The van der Waals surface area contributed by atoms with Crippen LogP contribution in [0.4, 0.5) is 0 Å². The molecule has 3 heteroatoms. The highest BCUT2D eigenvalue weighted by atomic mass is 15.2. The molecule has 0 bridgehead atoms. The van der Waals surface area contributed by atoms with E-state index in [2.05, 4.69) is 30.8 Å². The SMILES string of the molecule is CC(C)C1CC[C@H](C)CC1N=[N+]=[N-]. The number of nitrogens with zero attached hydrogens (tertiary/aromatic N) is 3. The molecule has 0 spiro atoms. The third-order valence-corrected chi connectivity index (χ3v) is 3.19. The first-order valence-electron chi connectivity index (χ1n) is 5.19. The number of azide groups is 1. The average molecular weight is 181 g/mol. The monoisotopic (exact) mass is 181 g/mol. The third kappa shape index (κ3) is 2.63. The lowest BCUT2D eigenvalue weighted by atomic mass is 9.74. The Balaban J connectivity index is 2.65. The van der Waals surface area contributed by atoms with Crippen LogP contribution in [0.1, 0.15) is 40.0 Å². The predicted molar refractivity (Wildman–Crippen MR) is 54.3 cm³/mol. The van der Waals surface area contributed by atoms with Gasteiger partial charge in [-0.25, -0.2) is 0 Å². The Bertz CT molecular complexity index is 206. The van der Waals surface area contributed by atoms with Crippen molar-refractivity contribution in [2.24, 2.45) is 22.9 Å². The fraction of sp³-hybridized carbons (Fsp3) is 1.00.